The van der Waals surface area contributed by atoms with E-state index in [1.165, 1.54) is 12.0 Å². The van der Waals surface area contributed by atoms with Crippen molar-refractivity contribution in [2.24, 2.45) is 11.8 Å². The van der Waals surface area contributed by atoms with E-state index in [9.17, 15) is 9.90 Å². The number of amides is 1. The third-order valence-electron chi connectivity index (χ3n) is 6.73. The monoisotopic (exact) mass is 342 g/mol. The summed E-state index contributed by atoms with van der Waals surface area (Å²) in [6, 6.07) is 8.50. The summed E-state index contributed by atoms with van der Waals surface area (Å²) in [6.07, 6.45) is 5.92. The summed E-state index contributed by atoms with van der Waals surface area (Å²) in [4.78, 5) is 16.3. The lowest BCUT2D eigenvalue weighted by Gasteiger charge is -2.40. The standard InChI is InChI=1S/C21H30N2O2/c1-2-21(25)11-3-5-17-14-22(15-19(17)21)13-16-7-9-18(10-8-16)23-12-4-6-20(23)24/h7-10,17,19,25H,2-6,11-15H2,1H3/t17-,19+,21-/m0/s1. The molecule has 0 spiro atoms. The van der Waals surface area contributed by atoms with Crippen molar-refractivity contribution in [3.05, 3.63) is 29.8 Å². The molecule has 1 amide bonds. The summed E-state index contributed by atoms with van der Waals surface area (Å²) in [5.74, 6) is 1.34. The van der Waals surface area contributed by atoms with E-state index in [1.807, 2.05) is 4.90 Å². The van der Waals surface area contributed by atoms with Crippen LogP contribution in [0.2, 0.25) is 0 Å². The highest BCUT2D eigenvalue weighted by molar-refractivity contribution is 5.95. The van der Waals surface area contributed by atoms with Gasteiger partial charge < -0.3 is 10.0 Å². The molecule has 2 saturated heterocycles. The Kier molecular flexibility index (Phi) is 4.59. The Morgan fingerprint density at radius 3 is 2.68 bits per heavy atom. The Balaban J connectivity index is 1.40. The van der Waals surface area contributed by atoms with Crippen molar-refractivity contribution < 1.29 is 9.90 Å². The van der Waals surface area contributed by atoms with E-state index < -0.39 is 5.60 Å². The first-order chi connectivity index (χ1) is 12.1. The minimum atomic E-state index is -0.447. The third kappa shape index (κ3) is 3.22. The highest BCUT2D eigenvalue weighted by Gasteiger charge is 2.47. The molecule has 4 rings (SSSR count). The first-order valence-corrected chi connectivity index (χ1v) is 9.93. The zero-order valence-corrected chi connectivity index (χ0v) is 15.3. The Bertz CT molecular complexity index is 629. The quantitative estimate of drug-likeness (QED) is 0.914. The molecule has 2 heterocycles. The average molecular weight is 342 g/mol. The number of anilines is 1. The lowest BCUT2D eigenvalue weighted by atomic mass is 9.69. The second kappa shape index (κ2) is 6.73. The van der Waals surface area contributed by atoms with Gasteiger partial charge >= 0.3 is 0 Å². The molecule has 0 unspecified atom stereocenters. The summed E-state index contributed by atoms with van der Waals surface area (Å²) in [7, 11) is 0. The maximum Gasteiger partial charge on any atom is 0.227 e. The first-order valence-electron chi connectivity index (χ1n) is 9.93. The lowest BCUT2D eigenvalue weighted by Crippen LogP contribution is -2.44. The van der Waals surface area contributed by atoms with E-state index in [0.717, 1.165) is 57.5 Å². The van der Waals surface area contributed by atoms with E-state index in [0.29, 0.717) is 18.3 Å². The van der Waals surface area contributed by atoms with Crippen LogP contribution in [0.15, 0.2) is 24.3 Å². The number of hydrogen-bond acceptors (Lipinski definition) is 3. The number of likely N-dealkylation sites (tertiary alicyclic amines) is 1. The molecule has 1 aromatic carbocycles. The first kappa shape index (κ1) is 17.0. The molecule has 25 heavy (non-hydrogen) atoms. The zero-order valence-electron chi connectivity index (χ0n) is 15.3. The molecule has 3 atom stereocenters. The van der Waals surface area contributed by atoms with Gasteiger partial charge in [-0.25, -0.2) is 0 Å². The molecular weight excluding hydrogens is 312 g/mol. The van der Waals surface area contributed by atoms with Gasteiger partial charge in [-0.2, -0.15) is 0 Å². The second-order valence-electron chi connectivity index (χ2n) is 8.23. The highest BCUT2D eigenvalue weighted by Crippen LogP contribution is 2.44. The lowest BCUT2D eigenvalue weighted by molar-refractivity contribution is -0.117. The number of benzene rings is 1. The Morgan fingerprint density at radius 1 is 1.20 bits per heavy atom. The zero-order chi connectivity index (χ0) is 17.4. The van der Waals surface area contributed by atoms with Gasteiger partial charge in [-0.3, -0.25) is 9.69 Å². The van der Waals surface area contributed by atoms with E-state index >= 15 is 0 Å². The molecule has 4 heteroatoms. The van der Waals surface area contributed by atoms with E-state index in [-0.39, 0.29) is 5.91 Å². The number of carbonyl (C=O) groups is 1. The SMILES string of the molecule is CC[C@]1(O)CCC[C@H]2CN(Cc3ccc(N4CCCC4=O)cc3)C[C@H]21. The molecule has 136 valence electrons. The van der Waals surface area contributed by atoms with Crippen LogP contribution in [0, 0.1) is 11.8 Å². The van der Waals surface area contributed by atoms with Gasteiger partial charge in [-0.05, 0) is 49.3 Å². The fourth-order valence-electron chi connectivity index (χ4n) is 5.25. The number of hydrogen-bond donors (Lipinski definition) is 1. The number of aliphatic hydroxyl groups is 1. The van der Waals surface area contributed by atoms with Crippen molar-refractivity contribution in [1.82, 2.24) is 4.90 Å². The molecule has 3 fully saturated rings. The average Bonchev–Trinajstić information content (AvgIpc) is 3.22. The summed E-state index contributed by atoms with van der Waals surface area (Å²) < 4.78 is 0. The molecule has 4 nitrogen and oxygen atoms in total. The van der Waals surface area contributed by atoms with Crippen molar-refractivity contribution >= 4 is 11.6 Å². The maximum absolute atomic E-state index is 11.9. The minimum absolute atomic E-state index is 0.246. The van der Waals surface area contributed by atoms with Crippen molar-refractivity contribution in [3.63, 3.8) is 0 Å². The van der Waals surface area contributed by atoms with Crippen LogP contribution in [0.4, 0.5) is 5.69 Å². The van der Waals surface area contributed by atoms with Gasteiger partial charge in [-0.15, -0.1) is 0 Å². The van der Waals surface area contributed by atoms with Crippen LogP contribution in [0.1, 0.15) is 51.0 Å². The molecule has 1 aromatic rings. The third-order valence-corrected chi connectivity index (χ3v) is 6.73. The molecule has 2 aliphatic heterocycles. The van der Waals surface area contributed by atoms with Crippen LogP contribution in [-0.2, 0) is 11.3 Å². The van der Waals surface area contributed by atoms with Gasteiger partial charge in [0.25, 0.3) is 0 Å². The van der Waals surface area contributed by atoms with Gasteiger partial charge in [0.15, 0.2) is 0 Å². The Labute approximate surface area is 150 Å². The van der Waals surface area contributed by atoms with Gasteiger partial charge in [-0.1, -0.05) is 25.5 Å². The van der Waals surface area contributed by atoms with Crippen LogP contribution >= 0.6 is 0 Å². The Hall–Kier alpha value is -1.39. The normalized spacial score (nSPS) is 33.0. The number of rotatable bonds is 4. The fraction of sp³-hybridized carbons (Fsp3) is 0.667. The molecular formula is C21H30N2O2. The molecule has 1 aliphatic carbocycles. The fourth-order valence-corrected chi connectivity index (χ4v) is 5.25. The number of nitrogens with zero attached hydrogens (tertiary/aromatic N) is 2. The van der Waals surface area contributed by atoms with Gasteiger partial charge in [0.2, 0.25) is 5.91 Å². The van der Waals surface area contributed by atoms with Crippen molar-refractivity contribution in [3.8, 4) is 0 Å². The molecule has 0 radical (unpaired) electrons. The topological polar surface area (TPSA) is 43.8 Å². The van der Waals surface area contributed by atoms with Crippen molar-refractivity contribution in [2.45, 2.75) is 57.6 Å². The van der Waals surface area contributed by atoms with Gasteiger partial charge in [0.1, 0.15) is 0 Å². The number of fused-ring (bicyclic) bond motifs is 1. The molecule has 1 saturated carbocycles. The van der Waals surface area contributed by atoms with E-state index in [4.69, 9.17) is 0 Å². The summed E-state index contributed by atoms with van der Waals surface area (Å²) in [5, 5.41) is 11.0. The van der Waals surface area contributed by atoms with E-state index in [1.54, 1.807) is 0 Å². The predicted octanol–water partition coefficient (Wildman–Crippen LogP) is 3.19. The second-order valence-corrected chi connectivity index (χ2v) is 8.23. The molecule has 3 aliphatic rings. The van der Waals surface area contributed by atoms with Crippen LogP contribution in [0.25, 0.3) is 0 Å². The predicted molar refractivity (Wildman–Crippen MR) is 99.4 cm³/mol. The minimum Gasteiger partial charge on any atom is -0.390 e. The van der Waals surface area contributed by atoms with E-state index in [2.05, 4.69) is 36.1 Å². The number of carbonyl (C=O) groups excluding carboxylic acids is 1. The van der Waals surface area contributed by atoms with Gasteiger partial charge in [0, 0.05) is 44.2 Å². The Morgan fingerprint density at radius 2 is 2.00 bits per heavy atom. The molecule has 0 aromatic heterocycles. The van der Waals surface area contributed by atoms with Crippen molar-refractivity contribution in [1.29, 1.82) is 0 Å². The van der Waals surface area contributed by atoms with Crippen LogP contribution < -0.4 is 4.90 Å². The van der Waals surface area contributed by atoms with Crippen LogP contribution in [-0.4, -0.2) is 41.1 Å². The van der Waals surface area contributed by atoms with Crippen LogP contribution in [0.3, 0.4) is 0 Å². The summed E-state index contributed by atoms with van der Waals surface area (Å²) >= 11 is 0. The molecule has 1 N–H and O–H groups in total. The summed E-state index contributed by atoms with van der Waals surface area (Å²) in [6.45, 7) is 6.05. The smallest absolute Gasteiger partial charge is 0.227 e. The van der Waals surface area contributed by atoms with Gasteiger partial charge in [0.05, 0.1) is 5.60 Å². The largest absolute Gasteiger partial charge is 0.390 e. The van der Waals surface area contributed by atoms with Crippen LogP contribution in [0.5, 0.6) is 0 Å². The van der Waals surface area contributed by atoms with Crippen molar-refractivity contribution in [2.75, 3.05) is 24.5 Å². The summed E-state index contributed by atoms with van der Waals surface area (Å²) in [5.41, 5.74) is 1.88. The molecule has 0 bridgehead atoms. The maximum atomic E-state index is 11.9. The highest BCUT2D eigenvalue weighted by atomic mass is 16.3.